The molecule has 164 valence electrons. The Morgan fingerprint density at radius 3 is 2.28 bits per heavy atom. The topological polar surface area (TPSA) is 130 Å². The van der Waals surface area contributed by atoms with Gasteiger partial charge in [-0.25, -0.2) is 4.79 Å². The summed E-state index contributed by atoms with van der Waals surface area (Å²) in [6, 6.07) is -0.00101. The van der Waals surface area contributed by atoms with E-state index in [2.05, 4.69) is 14.7 Å². The molecule has 0 aliphatic carbocycles. The van der Waals surface area contributed by atoms with Gasteiger partial charge in [-0.15, -0.1) is 0 Å². The van der Waals surface area contributed by atoms with Crippen molar-refractivity contribution < 1.29 is 19.4 Å². The molecule has 29 heavy (non-hydrogen) atoms. The first kappa shape index (κ1) is 21.6. The maximum Gasteiger partial charge on any atom is 0.411 e. The molecule has 3 fully saturated rings. The minimum Gasteiger partial charge on any atom is -0.481 e. The number of carboxylic acid groups (broad SMARTS) is 1. The first-order valence-electron chi connectivity index (χ1n) is 10.3. The van der Waals surface area contributed by atoms with Crippen LogP contribution < -0.4 is 5.73 Å². The number of likely N-dealkylation sites (N-methyl/N-ethyl adjacent to an activating group) is 1. The molecule has 3 heterocycles. The summed E-state index contributed by atoms with van der Waals surface area (Å²) < 4.78 is 5.68. The molecule has 0 saturated carbocycles. The van der Waals surface area contributed by atoms with Crippen LogP contribution in [0.15, 0.2) is 0 Å². The maximum atomic E-state index is 12.2. The summed E-state index contributed by atoms with van der Waals surface area (Å²) in [6.07, 6.45) is 0.440. The lowest BCUT2D eigenvalue weighted by Gasteiger charge is -2.39. The molecule has 4 N–H and O–H groups in total. The van der Waals surface area contributed by atoms with Crippen LogP contribution in [0.3, 0.4) is 0 Å². The SMILES string of the molecule is CN1C(=O)OC(N2CCN(CCC(=O)O)CC2)C1CCN1CCN(C(=N)N)CC1. The highest BCUT2D eigenvalue weighted by Crippen LogP contribution is 2.25. The van der Waals surface area contributed by atoms with Gasteiger partial charge in [0.15, 0.2) is 12.2 Å². The number of nitrogens with zero attached hydrogens (tertiary/aromatic N) is 5. The zero-order valence-corrected chi connectivity index (χ0v) is 17.1. The van der Waals surface area contributed by atoms with Crippen LogP contribution in [0.2, 0.25) is 0 Å². The second-order valence-electron chi connectivity index (χ2n) is 7.98. The predicted molar refractivity (Wildman–Crippen MR) is 107 cm³/mol. The lowest BCUT2D eigenvalue weighted by molar-refractivity contribution is -0.137. The zero-order chi connectivity index (χ0) is 21.0. The van der Waals surface area contributed by atoms with Gasteiger partial charge in [0.2, 0.25) is 0 Å². The number of guanidine groups is 1. The van der Waals surface area contributed by atoms with Crippen LogP contribution in [0.4, 0.5) is 4.79 Å². The molecule has 0 aromatic rings. The summed E-state index contributed by atoms with van der Waals surface area (Å²) in [5.41, 5.74) is 5.56. The van der Waals surface area contributed by atoms with Gasteiger partial charge in [0.1, 0.15) is 0 Å². The third-order valence-corrected chi connectivity index (χ3v) is 6.20. The van der Waals surface area contributed by atoms with Crippen LogP contribution >= 0.6 is 0 Å². The molecule has 0 aromatic heterocycles. The van der Waals surface area contributed by atoms with Crippen molar-refractivity contribution in [3.63, 3.8) is 0 Å². The van der Waals surface area contributed by atoms with Gasteiger partial charge in [-0.05, 0) is 6.42 Å². The van der Waals surface area contributed by atoms with Crippen LogP contribution in [0.5, 0.6) is 0 Å². The van der Waals surface area contributed by atoms with E-state index in [1.165, 1.54) is 0 Å². The molecule has 0 spiro atoms. The van der Waals surface area contributed by atoms with Crippen LogP contribution in [0, 0.1) is 5.41 Å². The maximum absolute atomic E-state index is 12.2. The smallest absolute Gasteiger partial charge is 0.411 e. The van der Waals surface area contributed by atoms with E-state index in [1.807, 2.05) is 4.90 Å². The number of carboxylic acids is 1. The highest BCUT2D eigenvalue weighted by atomic mass is 16.6. The van der Waals surface area contributed by atoms with Gasteiger partial charge in [-0.1, -0.05) is 0 Å². The minimum absolute atomic E-state index is 0.00101. The highest BCUT2D eigenvalue weighted by Gasteiger charge is 2.43. The number of hydrogen-bond donors (Lipinski definition) is 3. The number of carbonyl (C=O) groups is 2. The van der Waals surface area contributed by atoms with Gasteiger partial charge in [0.05, 0.1) is 12.5 Å². The summed E-state index contributed by atoms with van der Waals surface area (Å²) in [5.74, 6) is -0.648. The van der Waals surface area contributed by atoms with E-state index in [-0.39, 0.29) is 30.7 Å². The van der Waals surface area contributed by atoms with Crippen molar-refractivity contribution in [1.29, 1.82) is 5.41 Å². The van der Waals surface area contributed by atoms with Gasteiger partial charge in [-0.3, -0.25) is 20.0 Å². The molecule has 11 nitrogen and oxygen atoms in total. The van der Waals surface area contributed by atoms with E-state index in [9.17, 15) is 9.59 Å². The molecule has 0 bridgehead atoms. The number of nitrogens with two attached hydrogens (primary N) is 1. The first-order valence-corrected chi connectivity index (χ1v) is 10.3. The normalized spacial score (nSPS) is 27.3. The first-order chi connectivity index (χ1) is 13.8. The Hall–Kier alpha value is -2.11. The van der Waals surface area contributed by atoms with Crippen molar-refractivity contribution in [3.05, 3.63) is 0 Å². The summed E-state index contributed by atoms with van der Waals surface area (Å²) in [5, 5.41) is 16.4. The number of cyclic esters (lactones) is 1. The molecular weight excluding hydrogens is 378 g/mol. The van der Waals surface area contributed by atoms with Crippen molar-refractivity contribution in [3.8, 4) is 0 Å². The highest BCUT2D eigenvalue weighted by molar-refractivity contribution is 5.74. The van der Waals surface area contributed by atoms with E-state index in [4.69, 9.17) is 21.0 Å². The predicted octanol–water partition coefficient (Wildman–Crippen LogP) is -1.24. The van der Waals surface area contributed by atoms with E-state index >= 15 is 0 Å². The molecule has 0 radical (unpaired) electrons. The Morgan fingerprint density at radius 1 is 1.10 bits per heavy atom. The van der Waals surface area contributed by atoms with Crippen molar-refractivity contribution in [2.45, 2.75) is 25.1 Å². The van der Waals surface area contributed by atoms with E-state index < -0.39 is 5.97 Å². The molecule has 1 amide bonds. The van der Waals surface area contributed by atoms with Crippen molar-refractivity contribution in [2.24, 2.45) is 5.73 Å². The molecular formula is C18H33N7O4. The van der Waals surface area contributed by atoms with Crippen molar-refractivity contribution in [2.75, 3.05) is 72.5 Å². The average Bonchev–Trinajstić information content (AvgIpc) is 2.99. The Labute approximate surface area is 171 Å². The molecule has 2 atom stereocenters. The molecule has 11 heteroatoms. The third-order valence-electron chi connectivity index (χ3n) is 6.20. The van der Waals surface area contributed by atoms with Gasteiger partial charge < -0.3 is 30.3 Å². The van der Waals surface area contributed by atoms with E-state index in [0.717, 1.165) is 65.3 Å². The van der Waals surface area contributed by atoms with Crippen LogP contribution in [0.25, 0.3) is 0 Å². The number of carbonyl (C=O) groups excluding carboxylic acids is 1. The summed E-state index contributed by atoms with van der Waals surface area (Å²) in [4.78, 5) is 33.2. The van der Waals surface area contributed by atoms with Gasteiger partial charge in [0, 0.05) is 72.5 Å². The summed E-state index contributed by atoms with van der Waals surface area (Å²) >= 11 is 0. The fraction of sp³-hybridized carbons (Fsp3) is 0.833. The molecule has 0 aromatic carbocycles. The van der Waals surface area contributed by atoms with Crippen molar-refractivity contribution in [1.82, 2.24) is 24.5 Å². The van der Waals surface area contributed by atoms with E-state index in [0.29, 0.717) is 6.54 Å². The van der Waals surface area contributed by atoms with Crippen LogP contribution in [-0.4, -0.2) is 132 Å². The number of nitrogens with one attached hydrogen (secondary N) is 1. The largest absolute Gasteiger partial charge is 0.481 e. The van der Waals surface area contributed by atoms with E-state index in [1.54, 1.807) is 11.9 Å². The monoisotopic (exact) mass is 411 g/mol. The number of hydrogen-bond acceptors (Lipinski definition) is 7. The second kappa shape index (κ2) is 9.59. The summed E-state index contributed by atoms with van der Waals surface area (Å²) in [6.45, 7) is 7.75. The van der Waals surface area contributed by atoms with Gasteiger partial charge >= 0.3 is 12.1 Å². The number of rotatable bonds is 7. The lowest BCUT2D eigenvalue weighted by atomic mass is 10.1. The standard InChI is InChI=1S/C18H33N7O4/c1-21-14(2-4-22-8-12-25(13-9-22)17(19)20)16(29-18(21)28)24-10-6-23(7-11-24)5-3-15(26)27/h14,16H,2-13H2,1H3,(H3,19,20)(H,26,27). The molecule has 3 saturated heterocycles. The fourth-order valence-electron chi connectivity index (χ4n) is 4.27. The van der Waals surface area contributed by atoms with Crippen molar-refractivity contribution >= 4 is 18.0 Å². The Kier molecular flexibility index (Phi) is 7.14. The number of aliphatic carboxylic acids is 1. The fourth-order valence-corrected chi connectivity index (χ4v) is 4.27. The second-order valence-corrected chi connectivity index (χ2v) is 7.98. The zero-order valence-electron chi connectivity index (χ0n) is 17.1. The Morgan fingerprint density at radius 2 is 1.69 bits per heavy atom. The van der Waals surface area contributed by atoms with Crippen LogP contribution in [-0.2, 0) is 9.53 Å². The Balaban J connectivity index is 1.48. The number of ether oxygens (including phenoxy) is 1. The number of amides is 1. The third kappa shape index (κ3) is 5.49. The quantitative estimate of drug-likeness (QED) is 0.348. The van der Waals surface area contributed by atoms with Gasteiger partial charge in [-0.2, -0.15) is 0 Å². The summed E-state index contributed by atoms with van der Waals surface area (Å²) in [7, 11) is 1.80. The molecule has 3 aliphatic heterocycles. The Bertz CT molecular complexity index is 603. The lowest BCUT2D eigenvalue weighted by Crippen LogP contribution is -2.55. The number of piperazine rings is 2. The molecule has 3 rings (SSSR count). The van der Waals surface area contributed by atoms with Gasteiger partial charge in [0.25, 0.3) is 0 Å². The van der Waals surface area contributed by atoms with Crippen LogP contribution in [0.1, 0.15) is 12.8 Å². The average molecular weight is 412 g/mol. The minimum atomic E-state index is -0.775. The molecule has 3 aliphatic rings. The molecule has 2 unspecified atom stereocenters.